The maximum absolute atomic E-state index is 8.43. The second-order valence-electron chi connectivity index (χ2n) is 3.31. The summed E-state index contributed by atoms with van der Waals surface area (Å²) in [6.07, 6.45) is 0.879. The van der Waals surface area contributed by atoms with Crippen molar-refractivity contribution >= 4 is 11.5 Å². The first-order valence-corrected chi connectivity index (χ1v) is 4.74. The highest BCUT2D eigenvalue weighted by Crippen LogP contribution is 2.14. The summed E-state index contributed by atoms with van der Waals surface area (Å²) in [7, 11) is 0. The van der Waals surface area contributed by atoms with Gasteiger partial charge in [-0.1, -0.05) is 6.92 Å². The van der Waals surface area contributed by atoms with Crippen LogP contribution in [-0.2, 0) is 4.89 Å². The molecule has 0 aromatic carbocycles. The predicted molar refractivity (Wildman–Crippen MR) is 52.2 cm³/mol. The predicted octanol–water partition coefficient (Wildman–Crippen LogP) is -0.115. The lowest BCUT2D eigenvalue weighted by Gasteiger charge is -2.31. The number of nitrogens with one attached hydrogen (secondary N) is 1. The Labute approximate surface area is 82.2 Å². The second-order valence-corrected chi connectivity index (χ2v) is 3.31. The summed E-state index contributed by atoms with van der Waals surface area (Å²) < 4.78 is 0. The Bertz CT molecular complexity index is 277. The molecule has 0 radical (unpaired) electrons. The Hall–Kier alpha value is -1.14. The second kappa shape index (κ2) is 3.93. The number of amidine groups is 1. The van der Waals surface area contributed by atoms with Crippen molar-refractivity contribution < 1.29 is 10.1 Å². The Morgan fingerprint density at radius 2 is 2.57 bits per heavy atom. The van der Waals surface area contributed by atoms with E-state index < -0.39 is 0 Å². The molecule has 2 heterocycles. The van der Waals surface area contributed by atoms with Crippen LogP contribution in [0.5, 0.6) is 0 Å². The van der Waals surface area contributed by atoms with Crippen LogP contribution in [0.15, 0.2) is 10.1 Å². The van der Waals surface area contributed by atoms with Crippen LogP contribution in [0.4, 0.5) is 0 Å². The number of aliphatic imine (C=N–C) groups is 1. The van der Waals surface area contributed by atoms with Gasteiger partial charge in [-0.05, 0) is 6.42 Å². The molecular weight excluding hydrogens is 184 g/mol. The fraction of sp³-hybridized carbons (Fsp3) is 0.750. The van der Waals surface area contributed by atoms with Crippen molar-refractivity contribution in [3.05, 3.63) is 0 Å². The Balaban J connectivity index is 2.16. The summed E-state index contributed by atoms with van der Waals surface area (Å²) in [6, 6.07) is 0.0871. The molecule has 2 aliphatic rings. The molecular formula is C8H14N4O2. The number of rotatable bonds is 3. The van der Waals surface area contributed by atoms with Crippen molar-refractivity contribution in [2.75, 3.05) is 19.8 Å². The van der Waals surface area contributed by atoms with Crippen LogP contribution in [0.25, 0.3) is 0 Å². The molecule has 0 amide bonds. The number of fused-ring (bicyclic) bond motifs is 1. The van der Waals surface area contributed by atoms with E-state index in [9.17, 15) is 0 Å². The Kier molecular flexibility index (Phi) is 2.64. The zero-order valence-corrected chi connectivity index (χ0v) is 8.10. The van der Waals surface area contributed by atoms with Crippen LogP contribution in [0.2, 0.25) is 0 Å². The molecule has 6 nitrogen and oxygen atoms in total. The third kappa shape index (κ3) is 1.46. The molecule has 0 aromatic rings. The molecule has 0 saturated carbocycles. The maximum Gasteiger partial charge on any atom is 0.171 e. The number of hydrogen-bond donors (Lipinski definition) is 2. The fourth-order valence-corrected chi connectivity index (χ4v) is 1.74. The molecule has 0 fully saturated rings. The highest BCUT2D eigenvalue weighted by atomic mass is 17.1. The van der Waals surface area contributed by atoms with Gasteiger partial charge >= 0.3 is 0 Å². The van der Waals surface area contributed by atoms with Gasteiger partial charge in [-0.3, -0.25) is 15.7 Å². The van der Waals surface area contributed by atoms with E-state index in [1.54, 1.807) is 0 Å². The lowest BCUT2D eigenvalue weighted by molar-refractivity contribution is -0.249. The maximum atomic E-state index is 8.43. The molecule has 14 heavy (non-hydrogen) atoms. The number of hydrogen-bond acceptors (Lipinski definition) is 6. The SMILES string of the molecule is CCC1=NCC(COO)N2CNN=C12. The molecule has 0 saturated heterocycles. The highest BCUT2D eigenvalue weighted by Gasteiger charge is 2.31. The molecule has 0 aromatic heterocycles. The summed E-state index contributed by atoms with van der Waals surface area (Å²) in [5.74, 6) is 0.890. The first kappa shape index (κ1) is 9.42. The van der Waals surface area contributed by atoms with Crippen molar-refractivity contribution in [2.45, 2.75) is 19.4 Å². The first-order chi connectivity index (χ1) is 6.86. The normalized spacial score (nSPS) is 25.3. The average molecular weight is 198 g/mol. The molecule has 2 N–H and O–H groups in total. The van der Waals surface area contributed by atoms with Gasteiger partial charge in [0.1, 0.15) is 13.3 Å². The molecule has 2 rings (SSSR count). The van der Waals surface area contributed by atoms with Crippen LogP contribution in [0, 0.1) is 0 Å². The van der Waals surface area contributed by atoms with Crippen LogP contribution in [-0.4, -0.2) is 47.6 Å². The molecule has 0 bridgehead atoms. The van der Waals surface area contributed by atoms with Crippen molar-refractivity contribution in [1.82, 2.24) is 10.3 Å². The van der Waals surface area contributed by atoms with E-state index >= 15 is 0 Å². The van der Waals surface area contributed by atoms with Gasteiger partial charge in [0.2, 0.25) is 0 Å². The first-order valence-electron chi connectivity index (χ1n) is 4.74. The van der Waals surface area contributed by atoms with Crippen molar-refractivity contribution in [1.29, 1.82) is 0 Å². The molecule has 1 atom stereocenters. The summed E-state index contributed by atoms with van der Waals surface area (Å²) >= 11 is 0. The van der Waals surface area contributed by atoms with Crippen molar-refractivity contribution in [3.8, 4) is 0 Å². The van der Waals surface area contributed by atoms with Crippen LogP contribution < -0.4 is 5.43 Å². The zero-order valence-electron chi connectivity index (χ0n) is 8.10. The smallest absolute Gasteiger partial charge is 0.171 e. The molecule has 2 aliphatic heterocycles. The number of nitrogens with zero attached hydrogens (tertiary/aromatic N) is 3. The monoisotopic (exact) mass is 198 g/mol. The minimum absolute atomic E-state index is 0.0871. The molecule has 0 aliphatic carbocycles. The van der Waals surface area contributed by atoms with Gasteiger partial charge in [0.15, 0.2) is 5.84 Å². The van der Waals surface area contributed by atoms with E-state index in [0.717, 1.165) is 18.0 Å². The van der Waals surface area contributed by atoms with Gasteiger partial charge in [-0.15, -0.1) is 0 Å². The van der Waals surface area contributed by atoms with Gasteiger partial charge in [0.05, 0.1) is 18.3 Å². The van der Waals surface area contributed by atoms with E-state index in [1.165, 1.54) is 0 Å². The zero-order chi connectivity index (χ0) is 9.97. The molecule has 6 heteroatoms. The molecule has 78 valence electrons. The van der Waals surface area contributed by atoms with Gasteiger partial charge in [0.25, 0.3) is 0 Å². The Morgan fingerprint density at radius 1 is 1.71 bits per heavy atom. The van der Waals surface area contributed by atoms with E-state index in [1.807, 2.05) is 0 Å². The summed E-state index contributed by atoms with van der Waals surface area (Å²) in [5.41, 5.74) is 3.93. The fourth-order valence-electron chi connectivity index (χ4n) is 1.74. The average Bonchev–Trinajstić information content (AvgIpc) is 2.67. The highest BCUT2D eigenvalue weighted by molar-refractivity contribution is 6.41. The lowest BCUT2D eigenvalue weighted by Crippen LogP contribution is -2.49. The largest absolute Gasteiger partial charge is 0.327 e. The van der Waals surface area contributed by atoms with E-state index in [-0.39, 0.29) is 12.6 Å². The van der Waals surface area contributed by atoms with Crippen LogP contribution in [0.3, 0.4) is 0 Å². The van der Waals surface area contributed by atoms with Crippen molar-refractivity contribution in [3.63, 3.8) is 0 Å². The van der Waals surface area contributed by atoms with Crippen molar-refractivity contribution in [2.24, 2.45) is 10.1 Å². The van der Waals surface area contributed by atoms with Gasteiger partial charge < -0.3 is 4.90 Å². The standard InChI is InChI=1S/C8H14N4O2/c1-2-7-8-11-10-5-12(8)6(3-9-7)4-14-13/h6,10,13H,2-5H2,1H3. The van der Waals surface area contributed by atoms with E-state index in [2.05, 4.69) is 32.2 Å². The van der Waals surface area contributed by atoms with E-state index in [4.69, 9.17) is 5.26 Å². The van der Waals surface area contributed by atoms with Gasteiger partial charge in [-0.25, -0.2) is 4.89 Å². The topological polar surface area (TPSA) is 69.5 Å². The third-order valence-corrected chi connectivity index (χ3v) is 2.49. The number of hydrazone groups is 1. The summed E-state index contributed by atoms with van der Waals surface area (Å²) in [4.78, 5) is 10.6. The third-order valence-electron chi connectivity index (χ3n) is 2.49. The minimum atomic E-state index is 0.0871. The molecule has 0 spiro atoms. The minimum Gasteiger partial charge on any atom is -0.327 e. The van der Waals surface area contributed by atoms with Gasteiger partial charge in [-0.2, -0.15) is 5.10 Å². The van der Waals surface area contributed by atoms with Crippen LogP contribution >= 0.6 is 0 Å². The Morgan fingerprint density at radius 3 is 3.29 bits per heavy atom. The summed E-state index contributed by atoms with van der Waals surface area (Å²) in [5, 5.41) is 12.6. The summed E-state index contributed by atoms with van der Waals surface area (Å²) in [6.45, 7) is 3.65. The molecule has 1 unspecified atom stereocenters. The van der Waals surface area contributed by atoms with Gasteiger partial charge in [0, 0.05) is 0 Å². The quantitative estimate of drug-likeness (QED) is 0.490. The van der Waals surface area contributed by atoms with Crippen LogP contribution in [0.1, 0.15) is 13.3 Å². The lowest BCUT2D eigenvalue weighted by atomic mass is 10.1. The van der Waals surface area contributed by atoms with E-state index in [0.29, 0.717) is 13.2 Å².